The Bertz CT molecular complexity index is 1250. The van der Waals surface area contributed by atoms with Crippen LogP contribution in [0.3, 0.4) is 0 Å². The Kier molecular flexibility index (Phi) is 6.01. The van der Waals surface area contributed by atoms with Crippen LogP contribution in [0, 0.1) is 19.7 Å². The van der Waals surface area contributed by atoms with Crippen LogP contribution in [0.25, 0.3) is 5.57 Å². The number of amides is 2. The molecule has 1 aliphatic rings. The number of carbonyl (C=O) groups excluding carboxylic acids is 2. The number of imide groups is 1. The van der Waals surface area contributed by atoms with Gasteiger partial charge in [0.05, 0.1) is 17.4 Å². The molecule has 0 aliphatic carbocycles. The highest BCUT2D eigenvalue weighted by atomic mass is 19.1. The van der Waals surface area contributed by atoms with Crippen molar-refractivity contribution in [1.29, 1.82) is 0 Å². The number of halogens is 1. The summed E-state index contributed by atoms with van der Waals surface area (Å²) in [6, 6.07) is 18.4. The summed E-state index contributed by atoms with van der Waals surface area (Å²) >= 11 is 0. The van der Waals surface area contributed by atoms with E-state index in [-0.39, 0.29) is 23.2 Å². The zero-order chi connectivity index (χ0) is 23.7. The molecule has 0 saturated carbocycles. The Morgan fingerprint density at radius 2 is 1.55 bits per heavy atom. The van der Waals surface area contributed by atoms with Crippen molar-refractivity contribution in [1.82, 2.24) is 0 Å². The first-order valence-electron chi connectivity index (χ1n) is 10.7. The first-order chi connectivity index (χ1) is 15.7. The third-order valence-electron chi connectivity index (χ3n) is 5.32. The monoisotopic (exact) mass is 444 g/mol. The second-order valence-corrected chi connectivity index (χ2v) is 8.31. The average Bonchev–Trinajstić information content (AvgIpc) is 3.01. The van der Waals surface area contributed by atoms with Gasteiger partial charge in [0, 0.05) is 5.69 Å². The minimum atomic E-state index is -0.462. The quantitative estimate of drug-likeness (QED) is 0.501. The fourth-order valence-electron chi connectivity index (χ4n) is 3.74. The molecule has 4 rings (SSSR count). The van der Waals surface area contributed by atoms with E-state index in [9.17, 15) is 14.0 Å². The molecular weight excluding hydrogens is 419 g/mol. The number of nitrogens with zero attached hydrogens (tertiary/aromatic N) is 1. The Balaban J connectivity index is 1.80. The lowest BCUT2D eigenvalue weighted by molar-refractivity contribution is -0.120. The van der Waals surface area contributed by atoms with Crippen LogP contribution < -0.4 is 15.0 Å². The Labute approximate surface area is 192 Å². The van der Waals surface area contributed by atoms with E-state index in [0.29, 0.717) is 22.7 Å². The molecule has 0 radical (unpaired) electrons. The van der Waals surface area contributed by atoms with Crippen LogP contribution in [0.5, 0.6) is 5.75 Å². The summed E-state index contributed by atoms with van der Waals surface area (Å²) in [4.78, 5) is 28.3. The molecule has 33 heavy (non-hydrogen) atoms. The molecule has 1 heterocycles. The molecule has 5 nitrogen and oxygen atoms in total. The first-order valence-corrected chi connectivity index (χ1v) is 10.7. The molecule has 168 valence electrons. The van der Waals surface area contributed by atoms with Gasteiger partial charge in [-0.05, 0) is 86.8 Å². The maximum atomic E-state index is 13.6. The summed E-state index contributed by atoms with van der Waals surface area (Å²) < 4.78 is 19.1. The molecule has 1 N–H and O–H groups in total. The number of aryl methyl sites for hydroxylation is 2. The molecule has 3 aromatic carbocycles. The van der Waals surface area contributed by atoms with Gasteiger partial charge in [0.1, 0.15) is 17.3 Å². The molecule has 6 heteroatoms. The van der Waals surface area contributed by atoms with Crippen LogP contribution in [-0.2, 0) is 9.59 Å². The third kappa shape index (κ3) is 4.51. The lowest BCUT2D eigenvalue weighted by Gasteiger charge is -2.18. The number of ether oxygens (including phenoxy) is 1. The van der Waals surface area contributed by atoms with E-state index in [1.807, 2.05) is 45.9 Å². The molecule has 1 aliphatic heterocycles. The van der Waals surface area contributed by atoms with Crippen molar-refractivity contribution >= 4 is 28.8 Å². The number of nitrogens with one attached hydrogen (secondary N) is 1. The van der Waals surface area contributed by atoms with E-state index in [1.54, 1.807) is 24.3 Å². The Morgan fingerprint density at radius 3 is 2.18 bits per heavy atom. The predicted molar refractivity (Wildman–Crippen MR) is 128 cm³/mol. The largest absolute Gasteiger partial charge is 0.491 e. The number of benzene rings is 3. The van der Waals surface area contributed by atoms with Crippen molar-refractivity contribution in [3.05, 3.63) is 94.9 Å². The van der Waals surface area contributed by atoms with Crippen LogP contribution in [0.2, 0.25) is 0 Å². The normalized spacial score (nSPS) is 13.8. The van der Waals surface area contributed by atoms with Crippen LogP contribution >= 0.6 is 0 Å². The van der Waals surface area contributed by atoms with Crippen molar-refractivity contribution in [2.45, 2.75) is 33.8 Å². The van der Waals surface area contributed by atoms with Crippen LogP contribution in [0.4, 0.5) is 15.8 Å². The molecule has 0 bridgehead atoms. The van der Waals surface area contributed by atoms with Crippen molar-refractivity contribution in [2.75, 3.05) is 10.2 Å². The third-order valence-corrected chi connectivity index (χ3v) is 5.32. The smallest absolute Gasteiger partial charge is 0.282 e. The fourth-order valence-corrected chi connectivity index (χ4v) is 3.74. The number of carbonyl (C=O) groups is 2. The SMILES string of the molecule is Cc1ccc(C)c(N2C(=O)C(Nc3ccc(F)cc3)=C(c3ccc(OC(C)C)cc3)C2=O)c1. The number of hydrogen-bond donors (Lipinski definition) is 1. The molecule has 2 amide bonds. The minimum absolute atomic E-state index is 0.0141. The molecule has 3 aromatic rings. The Hall–Kier alpha value is -3.93. The Morgan fingerprint density at radius 1 is 0.879 bits per heavy atom. The summed E-state index contributed by atoms with van der Waals surface area (Å²) in [5.41, 5.74) is 3.78. The number of anilines is 2. The van der Waals surface area contributed by atoms with E-state index in [2.05, 4.69) is 5.32 Å². The van der Waals surface area contributed by atoms with Crippen LogP contribution in [0.15, 0.2) is 72.4 Å². The van der Waals surface area contributed by atoms with E-state index in [4.69, 9.17) is 4.74 Å². The van der Waals surface area contributed by atoms with Gasteiger partial charge in [-0.2, -0.15) is 0 Å². The second-order valence-electron chi connectivity index (χ2n) is 8.31. The number of rotatable bonds is 6. The van der Waals surface area contributed by atoms with E-state index >= 15 is 0 Å². The fraction of sp³-hybridized carbons (Fsp3) is 0.185. The predicted octanol–water partition coefficient (Wildman–Crippen LogP) is 5.63. The summed E-state index contributed by atoms with van der Waals surface area (Å²) in [5, 5.41) is 3.05. The van der Waals surface area contributed by atoms with Gasteiger partial charge in [-0.15, -0.1) is 0 Å². The lowest BCUT2D eigenvalue weighted by Crippen LogP contribution is -2.33. The first kappa shape index (κ1) is 22.3. The summed E-state index contributed by atoms with van der Waals surface area (Å²) in [6.45, 7) is 7.64. The van der Waals surface area contributed by atoms with Gasteiger partial charge in [-0.3, -0.25) is 9.59 Å². The zero-order valence-corrected chi connectivity index (χ0v) is 19.0. The molecule has 0 spiro atoms. The van der Waals surface area contributed by atoms with Gasteiger partial charge in [0.15, 0.2) is 0 Å². The molecule has 0 saturated heterocycles. The van der Waals surface area contributed by atoms with Gasteiger partial charge in [0.2, 0.25) is 0 Å². The molecule has 0 aromatic heterocycles. The second kappa shape index (κ2) is 8.90. The van der Waals surface area contributed by atoms with Gasteiger partial charge >= 0.3 is 0 Å². The molecular formula is C27H25FN2O3. The van der Waals surface area contributed by atoms with Crippen molar-refractivity contribution in [2.24, 2.45) is 0 Å². The van der Waals surface area contributed by atoms with Gasteiger partial charge in [-0.25, -0.2) is 9.29 Å². The standard InChI is InChI=1S/C27H25FN2O3/c1-16(2)33-22-13-7-19(8-14-22)24-25(29-21-11-9-20(28)10-12-21)27(32)30(26(24)31)23-15-17(3)5-6-18(23)4/h5-16,29H,1-4H3. The van der Waals surface area contributed by atoms with Gasteiger partial charge < -0.3 is 10.1 Å². The average molecular weight is 445 g/mol. The van der Waals surface area contributed by atoms with Gasteiger partial charge in [-0.1, -0.05) is 24.3 Å². The topological polar surface area (TPSA) is 58.6 Å². The molecule has 0 atom stereocenters. The van der Waals surface area contributed by atoms with Gasteiger partial charge in [0.25, 0.3) is 11.8 Å². The lowest BCUT2D eigenvalue weighted by atomic mass is 10.0. The van der Waals surface area contributed by atoms with Crippen molar-refractivity contribution in [3.8, 4) is 5.75 Å². The van der Waals surface area contributed by atoms with E-state index < -0.39 is 11.8 Å². The maximum absolute atomic E-state index is 13.6. The molecule has 0 unspecified atom stereocenters. The van der Waals surface area contributed by atoms with Crippen LogP contribution in [-0.4, -0.2) is 17.9 Å². The zero-order valence-electron chi connectivity index (χ0n) is 19.0. The molecule has 0 fully saturated rings. The van der Waals surface area contributed by atoms with Crippen molar-refractivity contribution < 1.29 is 18.7 Å². The van der Waals surface area contributed by atoms with Crippen molar-refractivity contribution in [3.63, 3.8) is 0 Å². The summed E-state index contributed by atoms with van der Waals surface area (Å²) in [6.07, 6.45) is 0.0141. The van der Waals surface area contributed by atoms with E-state index in [1.165, 1.54) is 29.2 Å². The minimum Gasteiger partial charge on any atom is -0.491 e. The van der Waals surface area contributed by atoms with Crippen LogP contribution in [0.1, 0.15) is 30.5 Å². The summed E-state index contributed by atoms with van der Waals surface area (Å²) in [5.74, 6) is -0.599. The van der Waals surface area contributed by atoms with E-state index in [0.717, 1.165) is 11.1 Å². The maximum Gasteiger partial charge on any atom is 0.282 e. The highest BCUT2D eigenvalue weighted by Crippen LogP contribution is 2.36. The number of hydrogen-bond acceptors (Lipinski definition) is 4. The highest BCUT2D eigenvalue weighted by molar-refractivity contribution is 6.46. The summed E-state index contributed by atoms with van der Waals surface area (Å²) in [7, 11) is 0. The highest BCUT2D eigenvalue weighted by Gasteiger charge is 2.40.